The van der Waals surface area contributed by atoms with Crippen LogP contribution in [-0.4, -0.2) is 30.5 Å². The summed E-state index contributed by atoms with van der Waals surface area (Å²) >= 11 is 0. The number of rotatable bonds is 4. The molecule has 0 aliphatic carbocycles. The summed E-state index contributed by atoms with van der Waals surface area (Å²) < 4.78 is 0. The Balaban J connectivity index is 3.34. The molecule has 0 heterocycles. The number of benzene rings is 1. The largest absolute Gasteiger partial charge is 0.478 e. The molecule has 5 heteroatoms. The SMILES string of the molecule is CNc1c(C(=O)O)cccc1C(=O)CN. The number of carbonyl (C=O) groups excluding carboxylic acids is 1. The van der Waals surface area contributed by atoms with Gasteiger partial charge in [-0.15, -0.1) is 0 Å². The average Bonchev–Trinajstić information content (AvgIpc) is 2.26. The Morgan fingerprint density at radius 3 is 2.47 bits per heavy atom. The summed E-state index contributed by atoms with van der Waals surface area (Å²) in [7, 11) is 1.56. The van der Waals surface area contributed by atoms with Crippen LogP contribution in [0.3, 0.4) is 0 Å². The number of carboxylic acid groups (broad SMARTS) is 1. The Hall–Kier alpha value is -1.88. The highest BCUT2D eigenvalue weighted by Crippen LogP contribution is 2.21. The number of carboxylic acids is 1. The van der Waals surface area contributed by atoms with Gasteiger partial charge in [-0.3, -0.25) is 4.79 Å². The lowest BCUT2D eigenvalue weighted by molar-refractivity contribution is 0.0698. The van der Waals surface area contributed by atoms with Gasteiger partial charge in [0.1, 0.15) is 0 Å². The van der Waals surface area contributed by atoms with E-state index in [9.17, 15) is 9.59 Å². The van der Waals surface area contributed by atoms with Crippen LogP contribution >= 0.6 is 0 Å². The molecular formula is C10H12N2O3. The number of Topliss-reactive ketones (excluding diaryl/α,β-unsaturated/α-hetero) is 1. The van der Waals surface area contributed by atoms with Crippen molar-refractivity contribution in [1.82, 2.24) is 0 Å². The summed E-state index contributed by atoms with van der Waals surface area (Å²) in [5.74, 6) is -1.37. The number of nitrogens with two attached hydrogens (primary N) is 1. The molecule has 80 valence electrons. The maximum atomic E-state index is 11.4. The normalized spacial score (nSPS) is 9.73. The first kappa shape index (κ1) is 11.2. The lowest BCUT2D eigenvalue weighted by atomic mass is 10.0. The molecule has 1 rings (SSSR count). The van der Waals surface area contributed by atoms with Crippen LogP contribution in [0.1, 0.15) is 20.7 Å². The van der Waals surface area contributed by atoms with Crippen LogP contribution in [0.2, 0.25) is 0 Å². The van der Waals surface area contributed by atoms with Crippen LogP contribution < -0.4 is 11.1 Å². The summed E-state index contributed by atoms with van der Waals surface area (Å²) in [6.07, 6.45) is 0. The van der Waals surface area contributed by atoms with Crippen molar-refractivity contribution in [3.05, 3.63) is 29.3 Å². The van der Waals surface area contributed by atoms with E-state index >= 15 is 0 Å². The predicted octanol–water partition coefficient (Wildman–Crippen LogP) is 0.568. The number of hydrogen-bond acceptors (Lipinski definition) is 4. The number of nitrogens with one attached hydrogen (secondary N) is 1. The quantitative estimate of drug-likeness (QED) is 0.629. The Bertz CT molecular complexity index is 402. The third-order valence-electron chi connectivity index (χ3n) is 2.03. The summed E-state index contributed by atoms with van der Waals surface area (Å²) in [6.45, 7) is -0.141. The van der Waals surface area contributed by atoms with Gasteiger partial charge in [0.15, 0.2) is 5.78 Å². The van der Waals surface area contributed by atoms with E-state index in [-0.39, 0.29) is 17.9 Å². The zero-order chi connectivity index (χ0) is 11.4. The van der Waals surface area contributed by atoms with Crippen molar-refractivity contribution in [3.63, 3.8) is 0 Å². The molecule has 0 amide bonds. The standard InChI is InChI=1S/C10H12N2O3/c1-12-9-6(8(13)5-11)3-2-4-7(9)10(14)15/h2-4,12H,5,11H2,1H3,(H,14,15). The highest BCUT2D eigenvalue weighted by atomic mass is 16.4. The third kappa shape index (κ3) is 2.13. The van der Waals surface area contributed by atoms with Crippen molar-refractivity contribution in [1.29, 1.82) is 0 Å². The van der Waals surface area contributed by atoms with Crippen LogP contribution in [-0.2, 0) is 0 Å². The van der Waals surface area contributed by atoms with Crippen LogP contribution in [0.4, 0.5) is 5.69 Å². The molecule has 5 nitrogen and oxygen atoms in total. The molecule has 0 saturated heterocycles. The van der Waals surface area contributed by atoms with E-state index < -0.39 is 5.97 Å². The Kier molecular flexibility index (Phi) is 3.41. The van der Waals surface area contributed by atoms with E-state index in [2.05, 4.69) is 5.32 Å². The number of carbonyl (C=O) groups is 2. The molecule has 0 aromatic heterocycles. The first-order chi connectivity index (χ1) is 7.11. The smallest absolute Gasteiger partial charge is 0.337 e. The zero-order valence-corrected chi connectivity index (χ0v) is 8.28. The molecule has 0 atom stereocenters. The first-order valence-electron chi connectivity index (χ1n) is 4.39. The number of para-hydroxylation sites is 1. The number of anilines is 1. The van der Waals surface area contributed by atoms with Gasteiger partial charge >= 0.3 is 5.97 Å². The molecule has 0 aliphatic rings. The van der Waals surface area contributed by atoms with Crippen molar-refractivity contribution in [2.24, 2.45) is 5.73 Å². The van der Waals surface area contributed by atoms with E-state index in [0.29, 0.717) is 11.3 Å². The Morgan fingerprint density at radius 1 is 1.40 bits per heavy atom. The van der Waals surface area contributed by atoms with Gasteiger partial charge in [0.2, 0.25) is 0 Å². The fourth-order valence-corrected chi connectivity index (χ4v) is 1.34. The lowest BCUT2D eigenvalue weighted by Gasteiger charge is -2.10. The van der Waals surface area contributed by atoms with Crippen molar-refractivity contribution in [3.8, 4) is 0 Å². The first-order valence-corrected chi connectivity index (χ1v) is 4.39. The van der Waals surface area contributed by atoms with Gasteiger partial charge in [0, 0.05) is 12.6 Å². The van der Waals surface area contributed by atoms with Gasteiger partial charge in [0.05, 0.1) is 17.8 Å². The molecule has 0 spiro atoms. The maximum absolute atomic E-state index is 11.4. The number of hydrogen-bond donors (Lipinski definition) is 3. The summed E-state index contributed by atoms with van der Waals surface area (Å²) in [5, 5.41) is 11.6. The van der Waals surface area contributed by atoms with Gasteiger partial charge in [-0.2, -0.15) is 0 Å². The molecule has 0 bridgehead atoms. The predicted molar refractivity (Wildman–Crippen MR) is 56.3 cm³/mol. The molecule has 15 heavy (non-hydrogen) atoms. The fraction of sp³-hybridized carbons (Fsp3) is 0.200. The van der Waals surface area contributed by atoms with Crippen LogP contribution in [0, 0.1) is 0 Å². The maximum Gasteiger partial charge on any atom is 0.337 e. The molecule has 0 unspecified atom stereocenters. The summed E-state index contributed by atoms with van der Waals surface area (Å²) in [4.78, 5) is 22.3. The van der Waals surface area contributed by atoms with Gasteiger partial charge in [-0.1, -0.05) is 6.07 Å². The molecule has 0 fully saturated rings. The van der Waals surface area contributed by atoms with Crippen molar-refractivity contribution in [2.45, 2.75) is 0 Å². The molecular weight excluding hydrogens is 196 g/mol. The molecule has 4 N–H and O–H groups in total. The highest BCUT2D eigenvalue weighted by molar-refractivity contribution is 6.07. The second-order valence-electron chi connectivity index (χ2n) is 2.91. The summed E-state index contributed by atoms with van der Waals surface area (Å²) in [6, 6.07) is 4.50. The molecule has 0 saturated carbocycles. The van der Waals surface area contributed by atoms with Crippen molar-refractivity contribution < 1.29 is 14.7 Å². The van der Waals surface area contributed by atoms with Gasteiger partial charge in [0.25, 0.3) is 0 Å². The van der Waals surface area contributed by atoms with E-state index in [1.807, 2.05) is 0 Å². The lowest BCUT2D eigenvalue weighted by Crippen LogP contribution is -2.17. The van der Waals surface area contributed by atoms with Gasteiger partial charge in [-0.25, -0.2) is 4.79 Å². The van der Waals surface area contributed by atoms with Crippen LogP contribution in [0.25, 0.3) is 0 Å². The van der Waals surface area contributed by atoms with Gasteiger partial charge < -0.3 is 16.2 Å². The minimum absolute atomic E-state index is 0.0665. The second-order valence-corrected chi connectivity index (χ2v) is 2.91. The number of aromatic carboxylic acids is 1. The average molecular weight is 208 g/mol. The molecule has 0 aliphatic heterocycles. The highest BCUT2D eigenvalue weighted by Gasteiger charge is 2.16. The monoisotopic (exact) mass is 208 g/mol. The van der Waals surface area contributed by atoms with Crippen molar-refractivity contribution in [2.75, 3.05) is 18.9 Å². The molecule has 1 aromatic carbocycles. The van der Waals surface area contributed by atoms with Crippen molar-refractivity contribution >= 4 is 17.4 Å². The van der Waals surface area contributed by atoms with Gasteiger partial charge in [-0.05, 0) is 12.1 Å². The minimum Gasteiger partial charge on any atom is -0.478 e. The Labute approximate surface area is 86.9 Å². The summed E-state index contributed by atoms with van der Waals surface area (Å²) in [5.41, 5.74) is 5.91. The minimum atomic E-state index is -1.08. The molecule has 1 aromatic rings. The zero-order valence-electron chi connectivity index (χ0n) is 8.28. The van der Waals surface area contributed by atoms with Crippen LogP contribution in [0.5, 0.6) is 0 Å². The van der Waals surface area contributed by atoms with E-state index in [1.165, 1.54) is 12.1 Å². The van der Waals surface area contributed by atoms with Crippen LogP contribution in [0.15, 0.2) is 18.2 Å². The van der Waals surface area contributed by atoms with E-state index in [4.69, 9.17) is 10.8 Å². The topological polar surface area (TPSA) is 92.4 Å². The van der Waals surface area contributed by atoms with E-state index in [0.717, 1.165) is 0 Å². The molecule has 0 radical (unpaired) electrons. The van der Waals surface area contributed by atoms with E-state index in [1.54, 1.807) is 13.1 Å². The fourth-order valence-electron chi connectivity index (χ4n) is 1.34. The second kappa shape index (κ2) is 4.56. The Morgan fingerprint density at radius 2 is 2.00 bits per heavy atom. The third-order valence-corrected chi connectivity index (χ3v) is 2.03. The number of ketones is 1.